The lowest BCUT2D eigenvalue weighted by atomic mass is 9.92. The third kappa shape index (κ3) is 2.99. The van der Waals surface area contributed by atoms with Crippen molar-refractivity contribution in [3.63, 3.8) is 0 Å². The van der Waals surface area contributed by atoms with Crippen LogP contribution < -0.4 is 0 Å². The van der Waals surface area contributed by atoms with E-state index in [2.05, 4.69) is 81.7 Å². The van der Waals surface area contributed by atoms with Gasteiger partial charge in [0, 0.05) is 5.56 Å². The molecule has 0 aliphatic heterocycles. The number of nitrogens with zero attached hydrogens (tertiary/aromatic N) is 3. The zero-order valence-corrected chi connectivity index (χ0v) is 16.1. The fourth-order valence-corrected chi connectivity index (χ4v) is 3.94. The Morgan fingerprint density at radius 2 is 1.18 bits per heavy atom. The smallest absolute Gasteiger partial charge is 0.198 e. The van der Waals surface area contributed by atoms with Crippen molar-refractivity contribution >= 4 is 44.7 Å². The second-order valence-corrected chi connectivity index (χ2v) is 7.14. The summed E-state index contributed by atoms with van der Waals surface area (Å²) in [6, 6.07) is 27.2. The lowest BCUT2D eigenvalue weighted by molar-refractivity contribution is 1.06. The molecule has 1 heterocycles. The van der Waals surface area contributed by atoms with E-state index >= 15 is 0 Å². The highest BCUT2D eigenvalue weighted by atomic mass is 35.5. The largest absolute Gasteiger partial charge is 0.227 e. The van der Waals surface area contributed by atoms with Gasteiger partial charge in [0.05, 0.1) is 0 Å². The molecule has 28 heavy (non-hydrogen) atoms. The van der Waals surface area contributed by atoms with Crippen LogP contribution in [0.2, 0.25) is 10.6 Å². The van der Waals surface area contributed by atoms with Gasteiger partial charge in [-0.2, -0.15) is 15.0 Å². The first-order chi connectivity index (χ1) is 13.7. The van der Waals surface area contributed by atoms with Gasteiger partial charge in [0.1, 0.15) is 0 Å². The van der Waals surface area contributed by atoms with Crippen LogP contribution in [0, 0.1) is 0 Å². The molecule has 0 N–H and O–H groups in total. The number of benzene rings is 4. The Kier molecular flexibility index (Phi) is 4.19. The predicted octanol–water partition coefficient (Wildman–Crippen LogP) is 6.82. The van der Waals surface area contributed by atoms with E-state index in [1.54, 1.807) is 0 Å². The van der Waals surface area contributed by atoms with E-state index in [0.29, 0.717) is 5.82 Å². The Labute approximate surface area is 171 Å². The van der Waals surface area contributed by atoms with Gasteiger partial charge in [-0.3, -0.25) is 0 Å². The van der Waals surface area contributed by atoms with Gasteiger partial charge < -0.3 is 0 Å². The molecule has 0 spiro atoms. The molecule has 0 saturated carbocycles. The highest BCUT2D eigenvalue weighted by Crippen LogP contribution is 2.36. The third-order valence-electron chi connectivity index (χ3n) is 4.78. The Balaban J connectivity index is 1.76. The van der Waals surface area contributed by atoms with Gasteiger partial charge in [0.2, 0.25) is 10.6 Å². The summed E-state index contributed by atoms with van der Waals surface area (Å²) in [7, 11) is 0. The zero-order chi connectivity index (χ0) is 19.1. The number of halogens is 2. The van der Waals surface area contributed by atoms with Gasteiger partial charge in [0.15, 0.2) is 5.82 Å². The van der Waals surface area contributed by atoms with E-state index in [9.17, 15) is 0 Å². The fraction of sp³-hybridized carbons (Fsp3) is 0. The minimum absolute atomic E-state index is 0.0801. The lowest BCUT2D eigenvalue weighted by Crippen LogP contribution is -1.94. The van der Waals surface area contributed by atoms with Crippen molar-refractivity contribution in [2.24, 2.45) is 0 Å². The number of fused-ring (bicyclic) bond motifs is 3. The molecular formula is C23H13Cl2N3. The van der Waals surface area contributed by atoms with Crippen LogP contribution in [0.1, 0.15) is 0 Å². The first-order valence-electron chi connectivity index (χ1n) is 8.77. The molecule has 4 aromatic carbocycles. The molecule has 0 amide bonds. The highest BCUT2D eigenvalue weighted by Gasteiger charge is 2.11. The maximum absolute atomic E-state index is 5.95. The zero-order valence-electron chi connectivity index (χ0n) is 14.6. The summed E-state index contributed by atoms with van der Waals surface area (Å²) in [6.07, 6.45) is 0. The van der Waals surface area contributed by atoms with Crippen LogP contribution >= 0.6 is 23.2 Å². The summed E-state index contributed by atoms with van der Waals surface area (Å²) in [5.41, 5.74) is 3.07. The molecule has 3 nitrogen and oxygen atoms in total. The molecule has 0 unspecified atom stereocenters. The van der Waals surface area contributed by atoms with Crippen LogP contribution in [0.3, 0.4) is 0 Å². The summed E-state index contributed by atoms with van der Waals surface area (Å²) in [6.45, 7) is 0. The van der Waals surface area contributed by atoms with E-state index in [-0.39, 0.29) is 10.6 Å². The summed E-state index contributed by atoms with van der Waals surface area (Å²) in [5, 5.41) is 5.03. The summed E-state index contributed by atoms with van der Waals surface area (Å²) >= 11 is 11.9. The molecule has 134 valence electrons. The quantitative estimate of drug-likeness (QED) is 0.304. The maximum Gasteiger partial charge on any atom is 0.227 e. The Hall–Kier alpha value is -3.01. The van der Waals surface area contributed by atoms with Crippen molar-refractivity contribution < 1.29 is 0 Å². The van der Waals surface area contributed by atoms with Gasteiger partial charge in [-0.25, -0.2) is 0 Å². The maximum atomic E-state index is 5.95. The van der Waals surface area contributed by atoms with E-state index in [1.807, 2.05) is 12.1 Å². The number of hydrogen-bond acceptors (Lipinski definition) is 3. The molecule has 1 aromatic heterocycles. The monoisotopic (exact) mass is 401 g/mol. The topological polar surface area (TPSA) is 38.7 Å². The van der Waals surface area contributed by atoms with E-state index < -0.39 is 0 Å². The predicted molar refractivity (Wildman–Crippen MR) is 116 cm³/mol. The van der Waals surface area contributed by atoms with Crippen molar-refractivity contribution in [2.45, 2.75) is 0 Å². The average Bonchev–Trinajstić information content (AvgIpc) is 2.72. The van der Waals surface area contributed by atoms with Gasteiger partial charge in [-0.15, -0.1) is 0 Å². The van der Waals surface area contributed by atoms with Gasteiger partial charge in [-0.05, 0) is 68.0 Å². The SMILES string of the molecule is Clc1nc(Cl)nc(-c2cccc(-c3cc4ccccc4c4ccccc34)c2)n1. The Morgan fingerprint density at radius 3 is 1.96 bits per heavy atom. The summed E-state index contributed by atoms with van der Waals surface area (Å²) in [4.78, 5) is 12.2. The Morgan fingerprint density at radius 1 is 0.536 bits per heavy atom. The highest BCUT2D eigenvalue weighted by molar-refractivity contribution is 6.31. The minimum Gasteiger partial charge on any atom is -0.198 e. The van der Waals surface area contributed by atoms with Gasteiger partial charge >= 0.3 is 0 Å². The standard InChI is InChI=1S/C23H13Cl2N3/c24-22-26-21(27-23(25)28-22)16-8-5-7-14(12-16)20-13-15-6-1-2-9-17(15)18-10-3-4-11-19(18)20/h1-13H. The van der Waals surface area contributed by atoms with Crippen LogP contribution in [0.25, 0.3) is 44.1 Å². The van der Waals surface area contributed by atoms with Crippen molar-refractivity contribution in [3.8, 4) is 22.5 Å². The van der Waals surface area contributed by atoms with Crippen molar-refractivity contribution in [1.82, 2.24) is 15.0 Å². The van der Waals surface area contributed by atoms with Crippen LogP contribution in [-0.2, 0) is 0 Å². The van der Waals surface area contributed by atoms with Crippen LogP contribution in [0.5, 0.6) is 0 Å². The van der Waals surface area contributed by atoms with Crippen LogP contribution in [0.15, 0.2) is 78.9 Å². The second kappa shape index (κ2) is 6.86. The molecule has 0 aliphatic rings. The molecule has 5 aromatic rings. The number of hydrogen-bond donors (Lipinski definition) is 0. The third-order valence-corrected chi connectivity index (χ3v) is 5.12. The van der Waals surface area contributed by atoms with Crippen LogP contribution in [0.4, 0.5) is 0 Å². The lowest BCUT2D eigenvalue weighted by Gasteiger charge is -2.12. The molecule has 0 atom stereocenters. The molecule has 5 rings (SSSR count). The molecule has 0 aliphatic carbocycles. The van der Waals surface area contributed by atoms with Crippen molar-refractivity contribution in [1.29, 1.82) is 0 Å². The molecule has 0 saturated heterocycles. The second-order valence-electron chi connectivity index (χ2n) is 6.47. The van der Waals surface area contributed by atoms with E-state index in [0.717, 1.165) is 16.7 Å². The molecule has 0 radical (unpaired) electrons. The summed E-state index contributed by atoms with van der Waals surface area (Å²) in [5.74, 6) is 0.456. The first kappa shape index (κ1) is 17.1. The fourth-order valence-electron chi connectivity index (χ4n) is 3.57. The number of rotatable bonds is 2. The van der Waals surface area contributed by atoms with Crippen molar-refractivity contribution in [2.75, 3.05) is 0 Å². The normalized spacial score (nSPS) is 11.2. The average molecular weight is 402 g/mol. The van der Waals surface area contributed by atoms with Crippen molar-refractivity contribution in [3.05, 3.63) is 89.4 Å². The Bertz CT molecular complexity index is 1330. The molecular weight excluding hydrogens is 389 g/mol. The minimum atomic E-state index is 0.0801. The van der Waals surface area contributed by atoms with Gasteiger partial charge in [0.25, 0.3) is 0 Å². The van der Waals surface area contributed by atoms with E-state index in [4.69, 9.17) is 23.2 Å². The molecule has 5 heteroatoms. The molecule has 0 bridgehead atoms. The van der Waals surface area contributed by atoms with Crippen LogP contribution in [-0.4, -0.2) is 15.0 Å². The summed E-state index contributed by atoms with van der Waals surface area (Å²) < 4.78 is 0. The first-order valence-corrected chi connectivity index (χ1v) is 9.53. The van der Waals surface area contributed by atoms with E-state index in [1.165, 1.54) is 21.5 Å². The molecule has 0 fully saturated rings. The number of aromatic nitrogens is 3. The van der Waals surface area contributed by atoms with Gasteiger partial charge in [-0.1, -0.05) is 66.7 Å².